The summed E-state index contributed by atoms with van der Waals surface area (Å²) >= 11 is 0. The Morgan fingerprint density at radius 1 is 1.55 bits per heavy atom. The zero-order valence-electron chi connectivity index (χ0n) is 7.39. The van der Waals surface area contributed by atoms with Crippen molar-refractivity contribution < 1.29 is 4.79 Å². The highest BCUT2D eigenvalue weighted by Gasteiger charge is 1.94. The van der Waals surface area contributed by atoms with E-state index >= 15 is 0 Å². The summed E-state index contributed by atoms with van der Waals surface area (Å²) in [6.45, 7) is 4.31. The zero-order chi connectivity index (χ0) is 8.69. The zero-order valence-corrected chi connectivity index (χ0v) is 7.39. The monoisotopic (exact) mass is 158 g/mol. The van der Waals surface area contributed by atoms with Gasteiger partial charge in [-0.25, -0.2) is 0 Å². The molecule has 0 aliphatic carbocycles. The van der Waals surface area contributed by atoms with Gasteiger partial charge < -0.3 is 11.1 Å². The molecule has 0 aromatic carbocycles. The van der Waals surface area contributed by atoms with Gasteiger partial charge >= 0.3 is 0 Å². The quantitative estimate of drug-likeness (QED) is 0.577. The number of carbonyl (C=O) groups excluding carboxylic acids is 1. The van der Waals surface area contributed by atoms with Gasteiger partial charge in [0.2, 0.25) is 5.91 Å². The minimum atomic E-state index is 0.0470. The van der Waals surface area contributed by atoms with E-state index in [9.17, 15) is 4.79 Å². The number of amides is 1. The highest BCUT2D eigenvalue weighted by Crippen LogP contribution is 1.96. The maximum Gasteiger partial charge on any atom is 0.216 e. The van der Waals surface area contributed by atoms with Gasteiger partial charge in [0.25, 0.3) is 0 Å². The van der Waals surface area contributed by atoms with E-state index in [2.05, 4.69) is 5.32 Å². The Hall–Kier alpha value is -0.570. The summed E-state index contributed by atoms with van der Waals surface area (Å²) in [4.78, 5) is 10.4. The number of hydrogen-bond acceptors (Lipinski definition) is 2. The first kappa shape index (κ1) is 10.4. The average Bonchev–Trinajstić information content (AvgIpc) is 1.85. The van der Waals surface area contributed by atoms with Crippen molar-refractivity contribution in [2.24, 2.45) is 5.73 Å². The van der Waals surface area contributed by atoms with Crippen LogP contribution in [0, 0.1) is 0 Å². The summed E-state index contributed by atoms with van der Waals surface area (Å²) in [6, 6.07) is 0.285. The fourth-order valence-corrected chi connectivity index (χ4v) is 0.856. The number of unbranched alkanes of at least 4 members (excludes halogenated alkanes) is 1. The van der Waals surface area contributed by atoms with Crippen molar-refractivity contribution in [3.63, 3.8) is 0 Å². The molecule has 0 aromatic heterocycles. The second-order valence-corrected chi connectivity index (χ2v) is 2.96. The minimum absolute atomic E-state index is 0.0470. The molecule has 11 heavy (non-hydrogen) atoms. The summed E-state index contributed by atoms with van der Waals surface area (Å²) < 4.78 is 0. The van der Waals surface area contributed by atoms with Crippen molar-refractivity contribution >= 4 is 5.91 Å². The van der Waals surface area contributed by atoms with E-state index in [0.717, 1.165) is 25.8 Å². The van der Waals surface area contributed by atoms with Crippen LogP contribution in [0.15, 0.2) is 0 Å². The van der Waals surface area contributed by atoms with Crippen LogP contribution >= 0.6 is 0 Å². The van der Waals surface area contributed by atoms with Crippen molar-refractivity contribution in [3.8, 4) is 0 Å². The van der Waals surface area contributed by atoms with Gasteiger partial charge in [-0.1, -0.05) is 6.42 Å². The van der Waals surface area contributed by atoms with E-state index in [4.69, 9.17) is 5.73 Å². The largest absolute Gasteiger partial charge is 0.356 e. The smallest absolute Gasteiger partial charge is 0.216 e. The third-order valence-electron chi connectivity index (χ3n) is 1.46. The molecule has 0 saturated heterocycles. The van der Waals surface area contributed by atoms with E-state index in [-0.39, 0.29) is 11.9 Å². The number of rotatable bonds is 5. The molecular weight excluding hydrogens is 140 g/mol. The molecule has 3 nitrogen and oxygen atoms in total. The molecule has 0 rings (SSSR count). The van der Waals surface area contributed by atoms with Gasteiger partial charge in [-0.05, 0) is 19.8 Å². The Balaban J connectivity index is 2.97. The van der Waals surface area contributed by atoms with Gasteiger partial charge in [0.15, 0.2) is 0 Å². The summed E-state index contributed by atoms with van der Waals surface area (Å²) in [7, 11) is 0. The normalized spacial score (nSPS) is 12.6. The van der Waals surface area contributed by atoms with Crippen LogP contribution < -0.4 is 11.1 Å². The number of carbonyl (C=O) groups is 1. The lowest BCUT2D eigenvalue weighted by atomic mass is 10.1. The Bertz CT molecular complexity index is 113. The van der Waals surface area contributed by atoms with Gasteiger partial charge in [-0.2, -0.15) is 0 Å². The lowest BCUT2D eigenvalue weighted by Crippen LogP contribution is -2.21. The highest BCUT2D eigenvalue weighted by molar-refractivity contribution is 5.72. The molecule has 1 amide bonds. The maximum atomic E-state index is 10.4. The lowest BCUT2D eigenvalue weighted by Gasteiger charge is -2.04. The molecule has 0 radical (unpaired) electrons. The van der Waals surface area contributed by atoms with Crippen LogP contribution in [0.4, 0.5) is 0 Å². The standard InChI is InChI=1S/C8H18N2O/c1-7(9)5-3-4-6-10-8(2)11/h7H,3-6,9H2,1-2H3,(H,10,11)/t7-/m1/s1. The molecule has 0 fully saturated rings. The van der Waals surface area contributed by atoms with Gasteiger partial charge in [0.05, 0.1) is 0 Å². The molecule has 0 saturated carbocycles. The summed E-state index contributed by atoms with van der Waals surface area (Å²) in [5.41, 5.74) is 5.55. The van der Waals surface area contributed by atoms with E-state index < -0.39 is 0 Å². The van der Waals surface area contributed by atoms with E-state index in [0.29, 0.717) is 0 Å². The van der Waals surface area contributed by atoms with Crippen LogP contribution in [0.1, 0.15) is 33.1 Å². The summed E-state index contributed by atoms with van der Waals surface area (Å²) in [5, 5.41) is 2.74. The third-order valence-corrected chi connectivity index (χ3v) is 1.46. The molecule has 0 spiro atoms. The van der Waals surface area contributed by atoms with Crippen molar-refractivity contribution in [2.45, 2.75) is 39.2 Å². The van der Waals surface area contributed by atoms with Crippen LogP contribution in [-0.4, -0.2) is 18.5 Å². The predicted octanol–water partition coefficient (Wildman–Crippen LogP) is 0.640. The molecule has 0 heterocycles. The summed E-state index contributed by atoms with van der Waals surface area (Å²) in [6.07, 6.45) is 3.17. The minimum Gasteiger partial charge on any atom is -0.356 e. The fourth-order valence-electron chi connectivity index (χ4n) is 0.856. The molecule has 0 bridgehead atoms. The maximum absolute atomic E-state index is 10.4. The van der Waals surface area contributed by atoms with Crippen LogP contribution in [0.2, 0.25) is 0 Å². The Morgan fingerprint density at radius 3 is 2.64 bits per heavy atom. The highest BCUT2D eigenvalue weighted by atomic mass is 16.1. The average molecular weight is 158 g/mol. The third kappa shape index (κ3) is 9.43. The molecule has 0 aliphatic heterocycles. The van der Waals surface area contributed by atoms with Crippen molar-refractivity contribution in [1.29, 1.82) is 0 Å². The summed E-state index contributed by atoms with van der Waals surface area (Å²) in [5.74, 6) is 0.0470. The van der Waals surface area contributed by atoms with Gasteiger partial charge in [-0.3, -0.25) is 4.79 Å². The molecule has 1 atom stereocenters. The van der Waals surface area contributed by atoms with E-state index in [1.807, 2.05) is 6.92 Å². The Morgan fingerprint density at radius 2 is 2.18 bits per heavy atom. The topological polar surface area (TPSA) is 55.1 Å². The first-order valence-electron chi connectivity index (χ1n) is 4.13. The van der Waals surface area contributed by atoms with Crippen molar-refractivity contribution in [1.82, 2.24) is 5.32 Å². The molecule has 66 valence electrons. The first-order chi connectivity index (χ1) is 5.13. The molecular formula is C8H18N2O. The van der Waals surface area contributed by atoms with Crippen LogP contribution in [-0.2, 0) is 4.79 Å². The second kappa shape index (κ2) is 6.16. The van der Waals surface area contributed by atoms with Crippen LogP contribution in [0.25, 0.3) is 0 Å². The first-order valence-corrected chi connectivity index (χ1v) is 4.13. The molecule has 0 unspecified atom stereocenters. The SMILES string of the molecule is CC(=O)NCCCC[C@@H](C)N. The number of hydrogen-bond donors (Lipinski definition) is 2. The molecule has 3 N–H and O–H groups in total. The fraction of sp³-hybridized carbons (Fsp3) is 0.875. The molecule has 0 aromatic rings. The Kier molecular flexibility index (Phi) is 5.84. The van der Waals surface area contributed by atoms with Gasteiger partial charge in [-0.15, -0.1) is 0 Å². The molecule has 3 heteroatoms. The van der Waals surface area contributed by atoms with Crippen molar-refractivity contribution in [3.05, 3.63) is 0 Å². The lowest BCUT2D eigenvalue weighted by molar-refractivity contribution is -0.118. The molecule has 0 aliphatic rings. The van der Waals surface area contributed by atoms with Gasteiger partial charge in [0.1, 0.15) is 0 Å². The van der Waals surface area contributed by atoms with Crippen LogP contribution in [0.5, 0.6) is 0 Å². The van der Waals surface area contributed by atoms with E-state index in [1.165, 1.54) is 6.92 Å². The Labute approximate surface area is 68.3 Å². The second-order valence-electron chi connectivity index (χ2n) is 2.96. The number of nitrogens with two attached hydrogens (primary N) is 1. The van der Waals surface area contributed by atoms with E-state index in [1.54, 1.807) is 0 Å². The van der Waals surface area contributed by atoms with Crippen molar-refractivity contribution in [2.75, 3.05) is 6.54 Å². The van der Waals surface area contributed by atoms with Gasteiger partial charge in [0, 0.05) is 19.5 Å². The predicted molar refractivity (Wildman–Crippen MR) is 46.2 cm³/mol. The van der Waals surface area contributed by atoms with Crippen LogP contribution in [0.3, 0.4) is 0 Å². The number of nitrogens with one attached hydrogen (secondary N) is 1.